The number of fused-ring (bicyclic) bond motifs is 1. The van der Waals surface area contributed by atoms with Crippen molar-refractivity contribution in [2.24, 2.45) is 5.10 Å². The van der Waals surface area contributed by atoms with Gasteiger partial charge in [0.1, 0.15) is 11.6 Å². The molecule has 0 atom stereocenters. The van der Waals surface area contributed by atoms with Crippen molar-refractivity contribution in [3.63, 3.8) is 0 Å². The Bertz CT molecular complexity index is 1580. The van der Waals surface area contributed by atoms with Gasteiger partial charge in [-0.25, -0.2) is 9.37 Å². The molecule has 4 aromatic rings. The minimum absolute atomic E-state index is 0.136. The van der Waals surface area contributed by atoms with Crippen molar-refractivity contribution in [3.05, 3.63) is 98.3 Å². The minimum Gasteiger partial charge on any atom is -0.481 e. The number of para-hydroxylation sites is 1. The molecule has 0 aliphatic heterocycles. The Balaban J connectivity index is 1.37. The molecule has 3 aromatic carbocycles. The highest BCUT2D eigenvalue weighted by Crippen LogP contribution is 2.34. The smallest absolute Gasteiger partial charge is 0.282 e. The second-order valence-corrected chi connectivity index (χ2v) is 10.2. The molecule has 0 saturated heterocycles. The summed E-state index contributed by atoms with van der Waals surface area (Å²) >= 11 is 12.8. The largest absolute Gasteiger partial charge is 0.481 e. The van der Waals surface area contributed by atoms with Crippen molar-refractivity contribution >= 4 is 51.9 Å². The molecule has 1 N–H and O–H groups in total. The molecule has 0 spiro atoms. The zero-order chi connectivity index (χ0) is 27.4. The molecule has 1 aliphatic carbocycles. The minimum atomic E-state index is -0.460. The van der Waals surface area contributed by atoms with Crippen LogP contribution in [0.25, 0.3) is 10.9 Å². The summed E-state index contributed by atoms with van der Waals surface area (Å²) in [5.41, 5.74) is 1.40. The van der Waals surface area contributed by atoms with Gasteiger partial charge in [0.2, 0.25) is 0 Å². The molecular formula is C29H25Cl2FN4O3. The van der Waals surface area contributed by atoms with Gasteiger partial charge in [-0.1, -0.05) is 54.6 Å². The average molecular weight is 567 g/mol. The summed E-state index contributed by atoms with van der Waals surface area (Å²) in [6.07, 6.45) is 6.78. The fraction of sp³-hybridized carbons (Fsp3) is 0.241. The van der Waals surface area contributed by atoms with Gasteiger partial charge in [0.15, 0.2) is 12.4 Å². The number of nitrogens with one attached hydrogen (secondary N) is 1. The lowest BCUT2D eigenvalue weighted by Crippen LogP contribution is -2.25. The first-order valence-corrected chi connectivity index (χ1v) is 13.4. The molecule has 7 nitrogen and oxygen atoms in total. The van der Waals surface area contributed by atoms with E-state index in [1.54, 1.807) is 24.3 Å². The molecule has 39 heavy (non-hydrogen) atoms. The first-order valence-electron chi connectivity index (χ1n) is 12.6. The van der Waals surface area contributed by atoms with E-state index in [1.165, 1.54) is 41.6 Å². The van der Waals surface area contributed by atoms with E-state index in [4.69, 9.17) is 32.9 Å². The van der Waals surface area contributed by atoms with E-state index < -0.39 is 11.7 Å². The Hall–Kier alpha value is -3.75. The van der Waals surface area contributed by atoms with E-state index in [1.807, 2.05) is 12.1 Å². The van der Waals surface area contributed by atoms with Gasteiger partial charge in [0.05, 0.1) is 27.2 Å². The summed E-state index contributed by atoms with van der Waals surface area (Å²) in [7, 11) is 0. The standard InChI is InChI=1S/C29H25Cl2FN4O3/c30-23-14-18(15-24(31)27(23)39-17-26(37)34-21-12-10-20(32)11-13-21)16-33-36-28(19-6-2-1-3-7-19)35-25-9-5-4-8-22(25)29(36)38/h4-5,8-16,19H,1-3,6-7,17H2,(H,34,37). The number of anilines is 1. The highest BCUT2D eigenvalue weighted by atomic mass is 35.5. The number of ether oxygens (including phenoxy) is 1. The van der Waals surface area contributed by atoms with Crippen LogP contribution < -0.4 is 15.6 Å². The van der Waals surface area contributed by atoms with Gasteiger partial charge in [-0.3, -0.25) is 9.59 Å². The van der Waals surface area contributed by atoms with Crippen LogP contribution in [0.4, 0.5) is 10.1 Å². The number of halogens is 3. The van der Waals surface area contributed by atoms with E-state index >= 15 is 0 Å². The van der Waals surface area contributed by atoms with Crippen LogP contribution in [0.2, 0.25) is 10.0 Å². The lowest BCUT2D eigenvalue weighted by molar-refractivity contribution is -0.118. The van der Waals surface area contributed by atoms with Crippen LogP contribution in [0.5, 0.6) is 5.75 Å². The van der Waals surface area contributed by atoms with Gasteiger partial charge in [-0.05, 0) is 66.9 Å². The normalized spacial score (nSPS) is 14.1. The van der Waals surface area contributed by atoms with Crippen LogP contribution in [-0.2, 0) is 4.79 Å². The number of hydrogen-bond acceptors (Lipinski definition) is 5. The third kappa shape index (κ3) is 6.29. The molecule has 1 saturated carbocycles. The first-order chi connectivity index (χ1) is 18.9. The summed E-state index contributed by atoms with van der Waals surface area (Å²) in [6, 6.07) is 15.8. The van der Waals surface area contributed by atoms with E-state index in [9.17, 15) is 14.0 Å². The lowest BCUT2D eigenvalue weighted by Gasteiger charge is -2.22. The number of hydrogen-bond donors (Lipinski definition) is 1. The predicted octanol–water partition coefficient (Wildman–Crippen LogP) is 6.79. The molecule has 1 heterocycles. The molecule has 5 rings (SSSR count). The average Bonchev–Trinajstić information content (AvgIpc) is 2.94. The Morgan fingerprint density at radius 2 is 1.77 bits per heavy atom. The molecule has 1 aliphatic rings. The van der Waals surface area contributed by atoms with Crippen LogP contribution in [0.1, 0.15) is 49.4 Å². The highest BCUT2D eigenvalue weighted by Gasteiger charge is 2.22. The quantitative estimate of drug-likeness (QED) is 0.249. The highest BCUT2D eigenvalue weighted by molar-refractivity contribution is 6.37. The van der Waals surface area contributed by atoms with Crippen LogP contribution >= 0.6 is 23.2 Å². The molecule has 1 aromatic heterocycles. The number of benzene rings is 3. The summed E-state index contributed by atoms with van der Waals surface area (Å²) in [4.78, 5) is 30.4. The zero-order valence-electron chi connectivity index (χ0n) is 20.9. The van der Waals surface area contributed by atoms with Crippen LogP contribution in [-0.4, -0.2) is 28.4 Å². The van der Waals surface area contributed by atoms with Crippen molar-refractivity contribution in [3.8, 4) is 5.75 Å². The number of carbonyl (C=O) groups excluding carboxylic acids is 1. The fourth-order valence-corrected chi connectivity index (χ4v) is 5.27. The van der Waals surface area contributed by atoms with Gasteiger partial charge in [0.25, 0.3) is 11.5 Å². The summed E-state index contributed by atoms with van der Waals surface area (Å²) < 4.78 is 20.0. The molecule has 0 radical (unpaired) electrons. The Kier molecular flexibility index (Phi) is 8.24. The molecule has 0 bridgehead atoms. The van der Waals surface area contributed by atoms with Gasteiger partial charge < -0.3 is 10.1 Å². The maximum Gasteiger partial charge on any atom is 0.282 e. The van der Waals surface area contributed by atoms with E-state index in [0.717, 1.165) is 25.7 Å². The Morgan fingerprint density at radius 1 is 1.08 bits per heavy atom. The number of amides is 1. The second kappa shape index (κ2) is 12.0. The molecule has 10 heteroatoms. The van der Waals surface area contributed by atoms with Crippen molar-refractivity contribution in [1.29, 1.82) is 0 Å². The van der Waals surface area contributed by atoms with Crippen LogP contribution in [0, 0.1) is 5.82 Å². The van der Waals surface area contributed by atoms with Gasteiger partial charge in [-0.15, -0.1) is 0 Å². The van der Waals surface area contributed by atoms with Gasteiger partial charge in [0, 0.05) is 11.6 Å². The molecule has 0 unspecified atom stereocenters. The van der Waals surface area contributed by atoms with Gasteiger partial charge >= 0.3 is 0 Å². The number of carbonyl (C=O) groups is 1. The van der Waals surface area contributed by atoms with E-state index in [2.05, 4.69) is 10.4 Å². The van der Waals surface area contributed by atoms with Crippen molar-refractivity contribution in [2.45, 2.75) is 38.0 Å². The third-order valence-electron chi connectivity index (χ3n) is 6.57. The zero-order valence-corrected chi connectivity index (χ0v) is 22.4. The second-order valence-electron chi connectivity index (χ2n) is 9.34. The number of aromatic nitrogens is 2. The van der Waals surface area contributed by atoms with Crippen LogP contribution in [0.15, 0.2) is 70.6 Å². The third-order valence-corrected chi connectivity index (χ3v) is 7.13. The van der Waals surface area contributed by atoms with E-state index in [-0.39, 0.29) is 33.9 Å². The van der Waals surface area contributed by atoms with Crippen LogP contribution in [0.3, 0.4) is 0 Å². The van der Waals surface area contributed by atoms with Crippen molar-refractivity contribution in [2.75, 3.05) is 11.9 Å². The van der Waals surface area contributed by atoms with Crippen molar-refractivity contribution < 1.29 is 13.9 Å². The molecule has 1 amide bonds. The number of rotatable bonds is 7. The summed E-state index contributed by atoms with van der Waals surface area (Å²) in [5.74, 6) is 0.0737. The topological polar surface area (TPSA) is 85.6 Å². The summed E-state index contributed by atoms with van der Waals surface area (Å²) in [6.45, 7) is -0.354. The Labute approximate surface area is 234 Å². The maximum absolute atomic E-state index is 13.4. The van der Waals surface area contributed by atoms with Crippen molar-refractivity contribution in [1.82, 2.24) is 9.66 Å². The predicted molar refractivity (Wildman–Crippen MR) is 152 cm³/mol. The maximum atomic E-state index is 13.4. The van der Waals surface area contributed by atoms with E-state index in [0.29, 0.717) is 28.0 Å². The first kappa shape index (κ1) is 26.8. The summed E-state index contributed by atoms with van der Waals surface area (Å²) in [5, 5.41) is 7.96. The monoisotopic (exact) mass is 566 g/mol. The Morgan fingerprint density at radius 3 is 2.49 bits per heavy atom. The molecular weight excluding hydrogens is 542 g/mol. The SMILES string of the molecule is O=C(COc1c(Cl)cc(C=Nn2c(C3CCCCC3)nc3ccccc3c2=O)cc1Cl)Nc1ccc(F)cc1. The number of nitrogens with zero attached hydrogens (tertiary/aromatic N) is 3. The molecule has 200 valence electrons. The fourth-order valence-electron chi connectivity index (χ4n) is 4.66. The molecule has 1 fully saturated rings. The lowest BCUT2D eigenvalue weighted by atomic mass is 9.88. The van der Waals surface area contributed by atoms with Gasteiger partial charge in [-0.2, -0.15) is 9.78 Å².